The number of aliphatic hydroxyl groups excluding tert-OH is 1. The summed E-state index contributed by atoms with van der Waals surface area (Å²) in [4.78, 5) is 0. The van der Waals surface area contributed by atoms with Gasteiger partial charge in [-0.15, -0.1) is 0 Å². The van der Waals surface area contributed by atoms with E-state index < -0.39 is 0 Å². The van der Waals surface area contributed by atoms with E-state index in [-0.39, 0.29) is 6.10 Å². The summed E-state index contributed by atoms with van der Waals surface area (Å²) in [5, 5.41) is 18.0. The van der Waals surface area contributed by atoms with Crippen molar-refractivity contribution in [1.29, 1.82) is 5.26 Å². The highest BCUT2D eigenvalue weighted by Crippen LogP contribution is 2.19. The fourth-order valence-corrected chi connectivity index (χ4v) is 1.52. The number of hydrogen-bond donors (Lipinski definition) is 1. The molecule has 0 amide bonds. The van der Waals surface area contributed by atoms with Crippen molar-refractivity contribution in [2.24, 2.45) is 0 Å². The number of nitrogens with zero attached hydrogens (tertiary/aromatic N) is 1. The smallest absolute Gasteiger partial charge is 0.119 e. The minimum Gasteiger partial charge on any atom is -0.494 e. The lowest BCUT2D eigenvalue weighted by Crippen LogP contribution is -1.98. The molecule has 92 valence electrons. The molecule has 0 bridgehead atoms. The Hall–Kier alpha value is -1.53. The van der Waals surface area contributed by atoms with Gasteiger partial charge in [-0.25, -0.2) is 0 Å². The maximum atomic E-state index is 9.62. The fourth-order valence-electron chi connectivity index (χ4n) is 1.52. The van der Waals surface area contributed by atoms with E-state index in [0.29, 0.717) is 19.4 Å². The summed E-state index contributed by atoms with van der Waals surface area (Å²) in [6, 6.07) is 9.63. The number of rotatable bonds is 7. The van der Waals surface area contributed by atoms with Crippen LogP contribution in [0.25, 0.3) is 0 Å². The van der Waals surface area contributed by atoms with Crippen LogP contribution in [0.5, 0.6) is 5.75 Å². The van der Waals surface area contributed by atoms with Crippen LogP contribution < -0.4 is 4.74 Å². The van der Waals surface area contributed by atoms with Crippen molar-refractivity contribution in [3.05, 3.63) is 29.8 Å². The predicted molar refractivity (Wildman–Crippen MR) is 66.7 cm³/mol. The zero-order valence-electron chi connectivity index (χ0n) is 10.2. The normalized spacial score (nSPS) is 11.8. The fraction of sp³-hybridized carbons (Fsp3) is 0.500. The Labute approximate surface area is 103 Å². The molecule has 1 aromatic carbocycles. The summed E-state index contributed by atoms with van der Waals surface area (Å²) >= 11 is 0. The Morgan fingerprint density at radius 2 is 2.00 bits per heavy atom. The number of hydrogen-bond acceptors (Lipinski definition) is 3. The van der Waals surface area contributed by atoms with Gasteiger partial charge in [0.2, 0.25) is 0 Å². The maximum Gasteiger partial charge on any atom is 0.119 e. The molecule has 1 N–H and O–H groups in total. The highest BCUT2D eigenvalue weighted by molar-refractivity contribution is 5.28. The van der Waals surface area contributed by atoms with Crippen LogP contribution in [-0.2, 0) is 0 Å². The molecule has 0 aromatic heterocycles. The van der Waals surface area contributed by atoms with Crippen LogP contribution in [0.4, 0.5) is 0 Å². The Kier molecular flexibility index (Phi) is 6.13. The van der Waals surface area contributed by atoms with Crippen molar-refractivity contribution in [2.45, 2.75) is 38.7 Å². The van der Waals surface area contributed by atoms with Gasteiger partial charge in [0.25, 0.3) is 0 Å². The quantitative estimate of drug-likeness (QED) is 0.736. The lowest BCUT2D eigenvalue weighted by molar-refractivity contribution is 0.173. The van der Waals surface area contributed by atoms with Crippen LogP contribution in [0.15, 0.2) is 24.3 Å². The topological polar surface area (TPSA) is 53.2 Å². The summed E-state index contributed by atoms with van der Waals surface area (Å²) in [5.41, 5.74) is 0.921. The summed E-state index contributed by atoms with van der Waals surface area (Å²) in [6.45, 7) is 2.58. The molecule has 0 aliphatic carbocycles. The summed E-state index contributed by atoms with van der Waals surface area (Å²) in [6.07, 6.45) is 2.69. The van der Waals surface area contributed by atoms with Crippen molar-refractivity contribution < 1.29 is 9.84 Å². The standard InChI is InChI=1S/C14H19NO2/c1-2-14(16)12-6-8-13(9-7-12)17-11-5-3-4-10-15/h6-9,14,16H,2-5,11H2,1H3. The first-order chi connectivity index (χ1) is 8.27. The summed E-state index contributed by atoms with van der Waals surface area (Å²) < 4.78 is 5.53. The largest absolute Gasteiger partial charge is 0.494 e. The number of ether oxygens (including phenoxy) is 1. The molecule has 1 unspecified atom stereocenters. The molecule has 0 aliphatic rings. The second-order valence-electron chi connectivity index (χ2n) is 3.96. The van der Waals surface area contributed by atoms with E-state index in [1.54, 1.807) is 0 Å². The minimum atomic E-state index is -0.389. The average Bonchev–Trinajstić information content (AvgIpc) is 2.38. The molecule has 0 aliphatic heterocycles. The van der Waals surface area contributed by atoms with Crippen LogP contribution in [0.2, 0.25) is 0 Å². The van der Waals surface area contributed by atoms with Crippen molar-refractivity contribution >= 4 is 0 Å². The molecule has 0 radical (unpaired) electrons. The van der Waals surface area contributed by atoms with E-state index in [1.807, 2.05) is 31.2 Å². The van der Waals surface area contributed by atoms with Gasteiger partial charge in [-0.05, 0) is 37.0 Å². The van der Waals surface area contributed by atoms with E-state index in [1.165, 1.54) is 0 Å². The number of nitriles is 1. The van der Waals surface area contributed by atoms with Crippen LogP contribution in [0, 0.1) is 11.3 Å². The Morgan fingerprint density at radius 3 is 2.59 bits per heavy atom. The first kappa shape index (κ1) is 13.5. The minimum absolute atomic E-state index is 0.389. The van der Waals surface area contributed by atoms with Gasteiger partial charge in [-0.2, -0.15) is 5.26 Å². The SMILES string of the molecule is CCC(O)c1ccc(OCCCCC#N)cc1. The van der Waals surface area contributed by atoms with Crippen molar-refractivity contribution in [3.63, 3.8) is 0 Å². The molecule has 1 aromatic rings. The predicted octanol–water partition coefficient (Wildman–Crippen LogP) is 3.20. The van der Waals surface area contributed by atoms with Gasteiger partial charge >= 0.3 is 0 Å². The Bertz CT molecular complexity index is 353. The third-order valence-corrected chi connectivity index (χ3v) is 2.60. The molecule has 3 heteroatoms. The zero-order chi connectivity index (χ0) is 12.5. The maximum absolute atomic E-state index is 9.62. The molecule has 0 spiro atoms. The average molecular weight is 233 g/mol. The van der Waals surface area contributed by atoms with Gasteiger partial charge in [0.1, 0.15) is 5.75 Å². The van der Waals surface area contributed by atoms with E-state index in [2.05, 4.69) is 6.07 Å². The van der Waals surface area contributed by atoms with Gasteiger partial charge in [0.15, 0.2) is 0 Å². The number of unbranched alkanes of at least 4 members (excludes halogenated alkanes) is 2. The van der Waals surface area contributed by atoms with E-state index >= 15 is 0 Å². The first-order valence-electron chi connectivity index (χ1n) is 6.05. The van der Waals surface area contributed by atoms with Crippen LogP contribution in [0.3, 0.4) is 0 Å². The van der Waals surface area contributed by atoms with Gasteiger partial charge in [-0.3, -0.25) is 0 Å². The molecule has 1 rings (SSSR count). The summed E-state index contributed by atoms with van der Waals surface area (Å²) in [7, 11) is 0. The second-order valence-corrected chi connectivity index (χ2v) is 3.96. The molecule has 0 saturated heterocycles. The molecule has 0 fully saturated rings. The van der Waals surface area contributed by atoms with Crippen LogP contribution in [0.1, 0.15) is 44.3 Å². The van der Waals surface area contributed by atoms with Crippen LogP contribution in [-0.4, -0.2) is 11.7 Å². The van der Waals surface area contributed by atoms with Gasteiger partial charge < -0.3 is 9.84 Å². The van der Waals surface area contributed by atoms with Gasteiger partial charge in [-0.1, -0.05) is 19.1 Å². The Morgan fingerprint density at radius 1 is 1.29 bits per heavy atom. The number of benzene rings is 1. The molecule has 1 atom stereocenters. The molecular formula is C14H19NO2. The molecular weight excluding hydrogens is 214 g/mol. The van der Waals surface area contributed by atoms with E-state index in [9.17, 15) is 5.11 Å². The molecule has 17 heavy (non-hydrogen) atoms. The van der Waals surface area contributed by atoms with Crippen molar-refractivity contribution in [2.75, 3.05) is 6.61 Å². The van der Waals surface area contributed by atoms with Gasteiger partial charge in [0, 0.05) is 6.42 Å². The molecule has 3 nitrogen and oxygen atoms in total. The molecule has 0 heterocycles. The van der Waals surface area contributed by atoms with Crippen molar-refractivity contribution in [1.82, 2.24) is 0 Å². The Balaban J connectivity index is 2.33. The summed E-state index contributed by atoms with van der Waals surface area (Å²) in [5.74, 6) is 0.814. The zero-order valence-corrected chi connectivity index (χ0v) is 10.2. The molecule has 0 saturated carbocycles. The third-order valence-electron chi connectivity index (χ3n) is 2.60. The van der Waals surface area contributed by atoms with E-state index in [0.717, 1.165) is 24.2 Å². The lowest BCUT2D eigenvalue weighted by atomic mass is 10.1. The first-order valence-corrected chi connectivity index (χ1v) is 6.05. The number of aliphatic hydroxyl groups is 1. The van der Waals surface area contributed by atoms with E-state index in [4.69, 9.17) is 10.00 Å². The lowest BCUT2D eigenvalue weighted by Gasteiger charge is -2.09. The van der Waals surface area contributed by atoms with Crippen molar-refractivity contribution in [3.8, 4) is 11.8 Å². The second kappa shape index (κ2) is 7.70. The van der Waals surface area contributed by atoms with Crippen LogP contribution >= 0.6 is 0 Å². The highest BCUT2D eigenvalue weighted by Gasteiger charge is 2.04. The highest BCUT2D eigenvalue weighted by atomic mass is 16.5. The monoisotopic (exact) mass is 233 g/mol. The van der Waals surface area contributed by atoms with Gasteiger partial charge in [0.05, 0.1) is 18.8 Å². The third kappa shape index (κ3) is 4.88.